The van der Waals surface area contributed by atoms with E-state index in [-0.39, 0.29) is 10.8 Å². The Morgan fingerprint density at radius 3 is 2.32 bits per heavy atom. The van der Waals surface area contributed by atoms with Crippen molar-refractivity contribution in [2.24, 2.45) is 0 Å². The standard InChI is InChI=1S/C16H22ClFO/c1-2-3-4-5-6-7-8-9-16(19)13-10-14(17)12-15(18)11-13/h10-12H,2-9H2,1H3. The smallest absolute Gasteiger partial charge is 0.163 e. The van der Waals surface area contributed by atoms with Gasteiger partial charge in [0.1, 0.15) is 5.82 Å². The third-order valence-electron chi connectivity index (χ3n) is 3.19. The lowest BCUT2D eigenvalue weighted by Crippen LogP contribution is -1.99. The zero-order valence-electron chi connectivity index (χ0n) is 11.6. The Labute approximate surface area is 120 Å². The lowest BCUT2D eigenvalue weighted by Gasteiger charge is -2.03. The molecule has 0 amide bonds. The van der Waals surface area contributed by atoms with Gasteiger partial charge in [-0.1, -0.05) is 57.0 Å². The summed E-state index contributed by atoms with van der Waals surface area (Å²) in [5.41, 5.74) is 0.385. The highest BCUT2D eigenvalue weighted by atomic mass is 35.5. The summed E-state index contributed by atoms with van der Waals surface area (Å²) in [7, 11) is 0. The number of benzene rings is 1. The summed E-state index contributed by atoms with van der Waals surface area (Å²) >= 11 is 5.73. The highest BCUT2D eigenvalue weighted by Crippen LogP contribution is 2.17. The Kier molecular flexibility index (Phi) is 7.73. The van der Waals surface area contributed by atoms with Crippen LogP contribution in [0.1, 0.15) is 68.6 Å². The predicted octanol–water partition coefficient (Wildman–Crippen LogP) is 5.80. The van der Waals surface area contributed by atoms with Gasteiger partial charge in [-0.15, -0.1) is 0 Å². The second-order valence-corrected chi connectivity index (χ2v) is 5.39. The van der Waals surface area contributed by atoms with Crippen molar-refractivity contribution in [3.8, 4) is 0 Å². The average molecular weight is 285 g/mol. The Morgan fingerprint density at radius 2 is 1.68 bits per heavy atom. The molecule has 3 heteroatoms. The van der Waals surface area contributed by atoms with E-state index in [0.29, 0.717) is 12.0 Å². The molecule has 0 fully saturated rings. The number of hydrogen-bond donors (Lipinski definition) is 0. The molecular formula is C16H22ClFO. The first-order chi connectivity index (χ1) is 9.13. The molecule has 0 radical (unpaired) electrons. The van der Waals surface area contributed by atoms with Crippen molar-refractivity contribution in [3.63, 3.8) is 0 Å². The number of Topliss-reactive ketones (excluding diaryl/α,β-unsaturated/α-hetero) is 1. The van der Waals surface area contributed by atoms with Crippen LogP contribution in [0.3, 0.4) is 0 Å². The minimum Gasteiger partial charge on any atom is -0.294 e. The van der Waals surface area contributed by atoms with E-state index in [1.54, 1.807) is 0 Å². The van der Waals surface area contributed by atoms with Crippen LogP contribution in [-0.4, -0.2) is 5.78 Å². The normalized spacial score (nSPS) is 10.7. The van der Waals surface area contributed by atoms with E-state index < -0.39 is 5.82 Å². The number of unbranched alkanes of at least 4 members (excludes halogenated alkanes) is 6. The Balaban J connectivity index is 2.24. The summed E-state index contributed by atoms with van der Waals surface area (Å²) in [6.07, 6.45) is 8.67. The highest BCUT2D eigenvalue weighted by Gasteiger charge is 2.08. The Morgan fingerprint density at radius 1 is 1.05 bits per heavy atom. The molecule has 1 aromatic carbocycles. The summed E-state index contributed by atoms with van der Waals surface area (Å²) in [5, 5.41) is 0.280. The van der Waals surface area contributed by atoms with Gasteiger partial charge in [-0.05, 0) is 24.6 Å². The van der Waals surface area contributed by atoms with E-state index in [4.69, 9.17) is 11.6 Å². The van der Waals surface area contributed by atoms with Crippen LogP contribution < -0.4 is 0 Å². The predicted molar refractivity (Wildman–Crippen MR) is 78.4 cm³/mol. The summed E-state index contributed by atoms with van der Waals surface area (Å²) in [4.78, 5) is 11.9. The maximum absolute atomic E-state index is 13.1. The van der Waals surface area contributed by atoms with Crippen LogP contribution >= 0.6 is 11.6 Å². The fourth-order valence-electron chi connectivity index (χ4n) is 2.10. The minimum atomic E-state index is -0.449. The van der Waals surface area contributed by atoms with Gasteiger partial charge in [-0.25, -0.2) is 4.39 Å². The molecule has 0 aliphatic carbocycles. The van der Waals surface area contributed by atoms with Crippen molar-refractivity contribution in [2.75, 3.05) is 0 Å². The van der Waals surface area contributed by atoms with Gasteiger partial charge in [-0.2, -0.15) is 0 Å². The second-order valence-electron chi connectivity index (χ2n) is 4.95. The largest absolute Gasteiger partial charge is 0.294 e. The molecule has 1 rings (SSSR count). The van der Waals surface area contributed by atoms with Crippen LogP contribution in [0, 0.1) is 5.82 Å². The maximum atomic E-state index is 13.1. The van der Waals surface area contributed by atoms with Gasteiger partial charge in [0, 0.05) is 17.0 Å². The molecule has 0 spiro atoms. The molecule has 0 unspecified atom stereocenters. The zero-order valence-corrected chi connectivity index (χ0v) is 12.3. The average Bonchev–Trinajstić information content (AvgIpc) is 2.36. The zero-order chi connectivity index (χ0) is 14.1. The van der Waals surface area contributed by atoms with Crippen LogP contribution in [-0.2, 0) is 0 Å². The molecule has 0 aromatic heterocycles. The summed E-state index contributed by atoms with van der Waals surface area (Å²) in [6, 6.07) is 4.01. The number of carbonyl (C=O) groups is 1. The van der Waals surface area contributed by atoms with E-state index in [1.165, 1.54) is 50.3 Å². The topological polar surface area (TPSA) is 17.1 Å². The summed E-state index contributed by atoms with van der Waals surface area (Å²) < 4.78 is 13.1. The van der Waals surface area contributed by atoms with Gasteiger partial charge in [-0.3, -0.25) is 4.79 Å². The number of halogens is 2. The van der Waals surface area contributed by atoms with Crippen LogP contribution in [0.4, 0.5) is 4.39 Å². The molecular weight excluding hydrogens is 263 g/mol. The van der Waals surface area contributed by atoms with Crippen LogP contribution in [0.2, 0.25) is 5.02 Å². The highest BCUT2D eigenvalue weighted by molar-refractivity contribution is 6.31. The molecule has 19 heavy (non-hydrogen) atoms. The van der Waals surface area contributed by atoms with Crippen LogP contribution in [0.25, 0.3) is 0 Å². The molecule has 0 atom stereocenters. The monoisotopic (exact) mass is 284 g/mol. The van der Waals surface area contributed by atoms with Crippen molar-refractivity contribution in [1.82, 2.24) is 0 Å². The van der Waals surface area contributed by atoms with Crippen molar-refractivity contribution in [3.05, 3.63) is 34.6 Å². The number of ketones is 1. The van der Waals surface area contributed by atoms with Gasteiger partial charge in [0.2, 0.25) is 0 Å². The van der Waals surface area contributed by atoms with Crippen LogP contribution in [0.5, 0.6) is 0 Å². The first-order valence-corrected chi connectivity index (χ1v) is 7.50. The summed E-state index contributed by atoms with van der Waals surface area (Å²) in [5.74, 6) is -0.467. The van der Waals surface area contributed by atoms with E-state index >= 15 is 0 Å². The van der Waals surface area contributed by atoms with Gasteiger partial charge in [0.05, 0.1) is 0 Å². The first kappa shape index (κ1) is 16.2. The molecule has 0 saturated heterocycles. The maximum Gasteiger partial charge on any atom is 0.163 e. The number of hydrogen-bond acceptors (Lipinski definition) is 1. The van der Waals surface area contributed by atoms with Crippen LogP contribution in [0.15, 0.2) is 18.2 Å². The van der Waals surface area contributed by atoms with E-state index in [9.17, 15) is 9.18 Å². The van der Waals surface area contributed by atoms with E-state index in [0.717, 1.165) is 12.8 Å². The molecule has 0 aliphatic rings. The van der Waals surface area contributed by atoms with Crippen molar-refractivity contribution < 1.29 is 9.18 Å². The molecule has 106 valence electrons. The fraction of sp³-hybridized carbons (Fsp3) is 0.562. The lowest BCUT2D eigenvalue weighted by molar-refractivity contribution is 0.0978. The minimum absolute atomic E-state index is 0.0186. The molecule has 1 aromatic rings. The SMILES string of the molecule is CCCCCCCCCC(=O)c1cc(F)cc(Cl)c1. The molecule has 0 aliphatic heterocycles. The number of rotatable bonds is 9. The van der Waals surface area contributed by atoms with Crippen molar-refractivity contribution in [2.45, 2.75) is 58.3 Å². The van der Waals surface area contributed by atoms with Gasteiger partial charge in [0.15, 0.2) is 5.78 Å². The third kappa shape index (κ3) is 6.72. The van der Waals surface area contributed by atoms with E-state index in [1.807, 2.05) is 0 Å². The molecule has 0 N–H and O–H groups in total. The third-order valence-corrected chi connectivity index (χ3v) is 3.41. The van der Waals surface area contributed by atoms with Crippen molar-refractivity contribution >= 4 is 17.4 Å². The molecule has 1 nitrogen and oxygen atoms in total. The second kappa shape index (κ2) is 9.08. The first-order valence-electron chi connectivity index (χ1n) is 7.12. The molecule has 0 heterocycles. The Bertz CT molecular complexity index is 383. The fourth-order valence-corrected chi connectivity index (χ4v) is 2.32. The van der Waals surface area contributed by atoms with E-state index in [2.05, 4.69) is 6.92 Å². The molecule has 0 bridgehead atoms. The Hall–Kier alpha value is -0.890. The molecule has 0 saturated carbocycles. The summed E-state index contributed by atoms with van der Waals surface area (Å²) in [6.45, 7) is 2.20. The van der Waals surface area contributed by atoms with Gasteiger partial charge < -0.3 is 0 Å². The number of carbonyl (C=O) groups excluding carboxylic acids is 1. The van der Waals surface area contributed by atoms with Gasteiger partial charge in [0.25, 0.3) is 0 Å². The van der Waals surface area contributed by atoms with Crippen molar-refractivity contribution in [1.29, 1.82) is 0 Å². The quantitative estimate of drug-likeness (QED) is 0.413. The van der Waals surface area contributed by atoms with Gasteiger partial charge >= 0.3 is 0 Å². The lowest BCUT2D eigenvalue weighted by atomic mass is 10.0.